The fourth-order valence-electron chi connectivity index (χ4n) is 4.84. The number of ether oxygens (including phenoxy) is 3. The molecule has 6 rings (SSSR count). The predicted octanol–water partition coefficient (Wildman–Crippen LogP) is 4.63. The number of aromatic nitrogens is 3. The highest BCUT2D eigenvalue weighted by atomic mass is 16.5. The first-order valence-corrected chi connectivity index (χ1v) is 12.6. The molecule has 2 saturated heterocycles. The zero-order valence-corrected chi connectivity index (χ0v) is 20.4. The Labute approximate surface area is 215 Å². The number of nitrogens with one attached hydrogen (secondary N) is 2. The van der Waals surface area contributed by atoms with Crippen molar-refractivity contribution in [1.82, 2.24) is 15.0 Å². The minimum absolute atomic E-state index is 0.0671. The maximum Gasteiger partial charge on any atom is 0.142 e. The third-order valence-corrected chi connectivity index (χ3v) is 6.76. The molecule has 2 aromatic carbocycles. The van der Waals surface area contributed by atoms with E-state index in [-0.39, 0.29) is 6.10 Å². The Kier molecular flexibility index (Phi) is 6.58. The van der Waals surface area contributed by atoms with Crippen molar-refractivity contribution in [3.05, 3.63) is 60.4 Å². The van der Waals surface area contributed by atoms with Crippen LogP contribution in [0.15, 0.2) is 54.9 Å². The van der Waals surface area contributed by atoms with Gasteiger partial charge in [-0.1, -0.05) is 6.07 Å². The van der Waals surface area contributed by atoms with E-state index in [2.05, 4.69) is 49.4 Å². The van der Waals surface area contributed by atoms with Gasteiger partial charge in [-0.2, -0.15) is 5.26 Å². The fraction of sp³-hybridized carbons (Fsp3) is 0.321. The van der Waals surface area contributed by atoms with E-state index in [0.717, 1.165) is 78.6 Å². The van der Waals surface area contributed by atoms with Crippen LogP contribution in [0.25, 0.3) is 22.3 Å². The molecule has 0 radical (unpaired) electrons. The Hall–Kier alpha value is -4.13. The second-order valence-electron chi connectivity index (χ2n) is 9.19. The quantitative estimate of drug-likeness (QED) is 0.398. The van der Waals surface area contributed by atoms with Crippen LogP contribution in [0.2, 0.25) is 0 Å². The standard InChI is InChI=1S/C28H28N6O3/c29-17-20-14-19(4-5-25(20)37-23-6-10-35-11-7-23)27-24-16-26(33-28(24)31-18-30-27)32-21-2-1-3-22(15-21)34-8-12-36-13-9-34/h1-5,14-16,18,23,32H,6-13H2,(H,30,31,33). The van der Waals surface area contributed by atoms with Gasteiger partial charge < -0.3 is 29.4 Å². The Morgan fingerprint density at radius 2 is 1.84 bits per heavy atom. The molecular formula is C28H28N6O3. The van der Waals surface area contributed by atoms with Crippen LogP contribution >= 0.6 is 0 Å². The van der Waals surface area contributed by atoms with Crippen LogP contribution in [-0.2, 0) is 9.47 Å². The topological polar surface area (TPSA) is 108 Å². The van der Waals surface area contributed by atoms with Crippen molar-refractivity contribution < 1.29 is 14.2 Å². The summed E-state index contributed by atoms with van der Waals surface area (Å²) in [7, 11) is 0. The van der Waals surface area contributed by atoms with Crippen LogP contribution < -0.4 is 15.0 Å². The number of anilines is 3. The van der Waals surface area contributed by atoms with Gasteiger partial charge in [-0.25, -0.2) is 9.97 Å². The number of hydrogen-bond donors (Lipinski definition) is 2. The van der Waals surface area contributed by atoms with E-state index in [1.54, 1.807) is 0 Å². The molecular weight excluding hydrogens is 468 g/mol. The molecule has 9 nitrogen and oxygen atoms in total. The first kappa shape index (κ1) is 23.3. The number of morpholine rings is 1. The van der Waals surface area contributed by atoms with E-state index in [1.165, 1.54) is 6.33 Å². The molecule has 0 saturated carbocycles. The van der Waals surface area contributed by atoms with E-state index >= 15 is 0 Å². The molecule has 0 spiro atoms. The number of nitriles is 1. The lowest BCUT2D eigenvalue weighted by Crippen LogP contribution is -2.36. The molecule has 2 aliphatic rings. The summed E-state index contributed by atoms with van der Waals surface area (Å²) in [6.07, 6.45) is 3.26. The summed E-state index contributed by atoms with van der Waals surface area (Å²) in [5.41, 5.74) is 4.94. The van der Waals surface area contributed by atoms with Gasteiger partial charge in [-0.3, -0.25) is 0 Å². The molecule has 2 N–H and O–H groups in total. The minimum Gasteiger partial charge on any atom is -0.489 e. The molecule has 2 aliphatic heterocycles. The first-order chi connectivity index (χ1) is 18.3. The summed E-state index contributed by atoms with van der Waals surface area (Å²) in [6.45, 7) is 4.64. The Morgan fingerprint density at radius 3 is 2.68 bits per heavy atom. The van der Waals surface area contributed by atoms with Crippen molar-refractivity contribution >= 4 is 28.2 Å². The van der Waals surface area contributed by atoms with Crippen molar-refractivity contribution in [2.45, 2.75) is 18.9 Å². The van der Waals surface area contributed by atoms with E-state index in [0.29, 0.717) is 24.5 Å². The molecule has 0 amide bonds. The first-order valence-electron chi connectivity index (χ1n) is 12.6. The molecule has 37 heavy (non-hydrogen) atoms. The molecule has 0 bridgehead atoms. The number of H-pyrrole nitrogens is 1. The summed E-state index contributed by atoms with van der Waals surface area (Å²) in [4.78, 5) is 14.7. The zero-order valence-electron chi connectivity index (χ0n) is 20.4. The molecule has 4 heterocycles. The lowest BCUT2D eigenvalue weighted by atomic mass is 10.0. The summed E-state index contributed by atoms with van der Waals surface area (Å²) < 4.78 is 17.0. The largest absolute Gasteiger partial charge is 0.489 e. The Balaban J connectivity index is 1.26. The van der Waals surface area contributed by atoms with Crippen LogP contribution in [0.5, 0.6) is 5.75 Å². The molecule has 188 valence electrons. The van der Waals surface area contributed by atoms with Crippen LogP contribution in [0.4, 0.5) is 17.2 Å². The van der Waals surface area contributed by atoms with Gasteiger partial charge >= 0.3 is 0 Å². The normalized spacial score (nSPS) is 16.5. The molecule has 2 aromatic heterocycles. The molecule has 4 aromatic rings. The van der Waals surface area contributed by atoms with E-state index < -0.39 is 0 Å². The van der Waals surface area contributed by atoms with Crippen LogP contribution in [0.3, 0.4) is 0 Å². The van der Waals surface area contributed by atoms with Gasteiger partial charge in [-0.05, 0) is 42.5 Å². The fourth-order valence-corrected chi connectivity index (χ4v) is 4.84. The highest BCUT2D eigenvalue weighted by Gasteiger charge is 2.19. The Morgan fingerprint density at radius 1 is 1.00 bits per heavy atom. The highest BCUT2D eigenvalue weighted by Crippen LogP contribution is 2.33. The average Bonchev–Trinajstić information content (AvgIpc) is 3.37. The zero-order chi connectivity index (χ0) is 25.0. The lowest BCUT2D eigenvalue weighted by Gasteiger charge is -2.29. The van der Waals surface area contributed by atoms with Crippen molar-refractivity contribution in [2.75, 3.05) is 49.7 Å². The molecule has 0 unspecified atom stereocenters. The van der Waals surface area contributed by atoms with E-state index in [4.69, 9.17) is 14.2 Å². The van der Waals surface area contributed by atoms with Crippen molar-refractivity contribution in [3.8, 4) is 23.1 Å². The summed E-state index contributed by atoms with van der Waals surface area (Å²) in [5.74, 6) is 1.41. The number of hydrogen-bond acceptors (Lipinski definition) is 8. The summed E-state index contributed by atoms with van der Waals surface area (Å²) in [6, 6.07) is 18.3. The molecule has 0 atom stereocenters. The maximum absolute atomic E-state index is 9.80. The van der Waals surface area contributed by atoms with E-state index in [1.807, 2.05) is 30.3 Å². The SMILES string of the molecule is N#Cc1cc(-c2ncnc3[nH]c(Nc4cccc(N5CCOCC5)c4)cc23)ccc1OC1CCOCC1. The van der Waals surface area contributed by atoms with Gasteiger partial charge in [-0.15, -0.1) is 0 Å². The number of rotatable bonds is 6. The smallest absolute Gasteiger partial charge is 0.142 e. The van der Waals surface area contributed by atoms with Gasteiger partial charge in [0.2, 0.25) is 0 Å². The van der Waals surface area contributed by atoms with Crippen molar-refractivity contribution in [3.63, 3.8) is 0 Å². The number of nitrogens with zero attached hydrogens (tertiary/aromatic N) is 4. The molecule has 0 aliphatic carbocycles. The third-order valence-electron chi connectivity index (χ3n) is 6.76. The molecule has 2 fully saturated rings. The summed E-state index contributed by atoms with van der Waals surface area (Å²) >= 11 is 0. The third kappa shape index (κ3) is 5.07. The average molecular weight is 497 g/mol. The molecule has 9 heteroatoms. The second-order valence-corrected chi connectivity index (χ2v) is 9.19. The van der Waals surface area contributed by atoms with Gasteiger partial charge in [0.15, 0.2) is 0 Å². The number of benzene rings is 2. The number of aromatic amines is 1. The van der Waals surface area contributed by atoms with Crippen LogP contribution in [0, 0.1) is 11.3 Å². The number of fused-ring (bicyclic) bond motifs is 1. The predicted molar refractivity (Wildman–Crippen MR) is 141 cm³/mol. The van der Waals surface area contributed by atoms with Gasteiger partial charge in [0.25, 0.3) is 0 Å². The van der Waals surface area contributed by atoms with Crippen LogP contribution in [-0.4, -0.2) is 60.6 Å². The van der Waals surface area contributed by atoms with Crippen molar-refractivity contribution in [2.24, 2.45) is 0 Å². The van der Waals surface area contributed by atoms with E-state index in [9.17, 15) is 5.26 Å². The highest BCUT2D eigenvalue weighted by molar-refractivity contribution is 5.94. The lowest BCUT2D eigenvalue weighted by molar-refractivity contribution is 0.0254. The summed E-state index contributed by atoms with van der Waals surface area (Å²) in [5, 5.41) is 14.1. The van der Waals surface area contributed by atoms with Crippen molar-refractivity contribution in [1.29, 1.82) is 5.26 Å². The maximum atomic E-state index is 9.80. The van der Waals surface area contributed by atoms with Gasteiger partial charge in [0.05, 0.1) is 37.7 Å². The monoisotopic (exact) mass is 496 g/mol. The van der Waals surface area contributed by atoms with Gasteiger partial charge in [0, 0.05) is 48.3 Å². The van der Waals surface area contributed by atoms with Crippen LogP contribution in [0.1, 0.15) is 18.4 Å². The van der Waals surface area contributed by atoms with Gasteiger partial charge in [0.1, 0.15) is 35.7 Å². The minimum atomic E-state index is 0.0671. The Bertz CT molecular complexity index is 1430. The second kappa shape index (κ2) is 10.5.